The molecular weight excluding hydrogens is 346 g/mol. The van der Waals surface area contributed by atoms with Crippen molar-refractivity contribution in [1.82, 2.24) is 0 Å². The number of amides is 1. The predicted octanol–water partition coefficient (Wildman–Crippen LogP) is 4.71. The van der Waals surface area contributed by atoms with Crippen LogP contribution in [-0.2, 0) is 16.0 Å². The van der Waals surface area contributed by atoms with E-state index >= 15 is 0 Å². The third-order valence-corrected chi connectivity index (χ3v) is 4.92. The van der Waals surface area contributed by atoms with Crippen LogP contribution in [0.15, 0.2) is 30.3 Å². The highest BCUT2D eigenvalue weighted by Gasteiger charge is 2.22. The van der Waals surface area contributed by atoms with E-state index in [1.807, 2.05) is 32.0 Å². The van der Waals surface area contributed by atoms with Gasteiger partial charge in [-0.25, -0.2) is 4.79 Å². The van der Waals surface area contributed by atoms with Crippen LogP contribution in [0.25, 0.3) is 6.08 Å². The van der Waals surface area contributed by atoms with Crippen molar-refractivity contribution < 1.29 is 14.3 Å². The van der Waals surface area contributed by atoms with Crippen molar-refractivity contribution in [3.63, 3.8) is 0 Å². The van der Waals surface area contributed by atoms with Gasteiger partial charge in [0.2, 0.25) is 5.91 Å². The van der Waals surface area contributed by atoms with E-state index in [1.165, 1.54) is 24.5 Å². The molecule has 0 aliphatic heterocycles. The highest BCUT2D eigenvalue weighted by atomic mass is 35.5. The lowest BCUT2D eigenvalue weighted by atomic mass is 10.1. The van der Waals surface area contributed by atoms with Crippen LogP contribution in [0, 0.1) is 6.92 Å². The molecule has 0 saturated carbocycles. The van der Waals surface area contributed by atoms with Crippen LogP contribution < -0.4 is 5.32 Å². The van der Waals surface area contributed by atoms with Crippen LogP contribution >= 0.6 is 22.9 Å². The molecule has 0 saturated heterocycles. The number of hydrogen-bond donors (Lipinski definition) is 1. The first-order valence-electron chi connectivity index (χ1n) is 7.42. The number of aryl methyl sites for hydroxylation is 1. The predicted molar refractivity (Wildman–Crippen MR) is 98.9 cm³/mol. The van der Waals surface area contributed by atoms with Gasteiger partial charge in [-0.3, -0.25) is 4.79 Å². The highest BCUT2D eigenvalue weighted by Crippen LogP contribution is 2.34. The molecule has 0 unspecified atom stereocenters. The number of methoxy groups -OCH3 is 1. The maximum absolute atomic E-state index is 12.2. The fourth-order valence-electron chi connectivity index (χ4n) is 2.34. The molecule has 1 N–H and O–H groups in total. The molecule has 1 heterocycles. The van der Waals surface area contributed by atoms with E-state index < -0.39 is 5.97 Å². The van der Waals surface area contributed by atoms with E-state index in [9.17, 15) is 9.59 Å². The Morgan fingerprint density at radius 1 is 1.33 bits per heavy atom. The van der Waals surface area contributed by atoms with E-state index in [2.05, 4.69) is 5.32 Å². The Bertz CT molecular complexity index is 796. The highest BCUT2D eigenvalue weighted by molar-refractivity contribution is 7.16. The summed E-state index contributed by atoms with van der Waals surface area (Å²) in [6, 6.07) is 7.24. The van der Waals surface area contributed by atoms with Gasteiger partial charge in [0.15, 0.2) is 0 Å². The van der Waals surface area contributed by atoms with Gasteiger partial charge in [0.05, 0.1) is 12.7 Å². The third kappa shape index (κ3) is 4.04. The zero-order valence-electron chi connectivity index (χ0n) is 13.7. The smallest absolute Gasteiger partial charge is 0.341 e. The second-order valence-electron chi connectivity index (χ2n) is 5.03. The number of carbonyl (C=O) groups excluding carboxylic acids is 2. The van der Waals surface area contributed by atoms with Crippen molar-refractivity contribution in [2.24, 2.45) is 0 Å². The summed E-state index contributed by atoms with van der Waals surface area (Å²) < 4.78 is 4.84. The van der Waals surface area contributed by atoms with E-state index in [0.29, 0.717) is 22.0 Å². The molecule has 6 heteroatoms. The lowest BCUT2D eigenvalue weighted by molar-refractivity contribution is -0.111. The summed E-state index contributed by atoms with van der Waals surface area (Å²) >= 11 is 7.42. The molecule has 4 nitrogen and oxygen atoms in total. The van der Waals surface area contributed by atoms with Crippen LogP contribution in [0.2, 0.25) is 5.02 Å². The number of rotatable bonds is 5. The minimum absolute atomic E-state index is 0.330. The molecule has 0 aliphatic carbocycles. The van der Waals surface area contributed by atoms with Crippen molar-refractivity contribution in [2.45, 2.75) is 20.3 Å². The van der Waals surface area contributed by atoms with Gasteiger partial charge in [0, 0.05) is 16.0 Å². The lowest BCUT2D eigenvalue weighted by Crippen LogP contribution is -2.12. The quantitative estimate of drug-likeness (QED) is 0.618. The maximum Gasteiger partial charge on any atom is 0.341 e. The summed E-state index contributed by atoms with van der Waals surface area (Å²) in [4.78, 5) is 25.2. The molecule has 0 fully saturated rings. The number of ether oxygens (including phenoxy) is 1. The molecule has 0 atom stereocenters. The van der Waals surface area contributed by atoms with Crippen molar-refractivity contribution >= 4 is 45.9 Å². The molecule has 0 spiro atoms. The molecule has 1 aromatic heterocycles. The number of nitrogens with one attached hydrogen (secondary N) is 1. The van der Waals surface area contributed by atoms with Gasteiger partial charge in [0.1, 0.15) is 5.00 Å². The molecule has 1 amide bonds. The number of hydrogen-bond acceptors (Lipinski definition) is 4. The van der Waals surface area contributed by atoms with E-state index in [0.717, 1.165) is 16.0 Å². The monoisotopic (exact) mass is 363 g/mol. The van der Waals surface area contributed by atoms with Crippen molar-refractivity contribution in [1.29, 1.82) is 0 Å². The molecule has 24 heavy (non-hydrogen) atoms. The maximum atomic E-state index is 12.2. The van der Waals surface area contributed by atoms with Gasteiger partial charge in [-0.15, -0.1) is 11.3 Å². The largest absolute Gasteiger partial charge is 0.465 e. The Labute approximate surface area is 150 Å². The summed E-state index contributed by atoms with van der Waals surface area (Å²) in [5.41, 5.74) is 2.08. The van der Waals surface area contributed by atoms with Gasteiger partial charge in [-0.05, 0) is 36.6 Å². The Hall–Kier alpha value is -2.11. The summed E-state index contributed by atoms with van der Waals surface area (Å²) in [5.74, 6) is -0.773. The summed E-state index contributed by atoms with van der Waals surface area (Å²) in [5, 5.41) is 3.83. The number of thiophene rings is 1. The lowest BCUT2D eigenvalue weighted by Gasteiger charge is -2.05. The van der Waals surface area contributed by atoms with Crippen LogP contribution in [0.1, 0.15) is 33.3 Å². The Kier molecular flexibility index (Phi) is 6.17. The molecule has 1 aromatic carbocycles. The van der Waals surface area contributed by atoms with Crippen LogP contribution in [0.3, 0.4) is 0 Å². The van der Waals surface area contributed by atoms with Crippen molar-refractivity contribution in [2.75, 3.05) is 12.4 Å². The third-order valence-electron chi connectivity index (χ3n) is 3.51. The second-order valence-corrected chi connectivity index (χ2v) is 6.66. The minimum Gasteiger partial charge on any atom is -0.465 e. The van der Waals surface area contributed by atoms with Crippen LogP contribution in [0.5, 0.6) is 0 Å². The number of carbonyl (C=O) groups is 2. The van der Waals surface area contributed by atoms with Crippen LogP contribution in [-0.4, -0.2) is 19.0 Å². The number of benzene rings is 1. The Morgan fingerprint density at radius 2 is 2.04 bits per heavy atom. The van der Waals surface area contributed by atoms with Gasteiger partial charge in [-0.1, -0.05) is 36.7 Å². The minimum atomic E-state index is -0.443. The summed E-state index contributed by atoms with van der Waals surface area (Å²) in [6.07, 6.45) is 3.72. The first-order valence-corrected chi connectivity index (χ1v) is 8.61. The van der Waals surface area contributed by atoms with Gasteiger partial charge in [-0.2, -0.15) is 0 Å². The zero-order chi connectivity index (χ0) is 17.7. The van der Waals surface area contributed by atoms with Crippen LogP contribution in [0.4, 0.5) is 5.00 Å². The molecule has 0 radical (unpaired) electrons. The molecule has 126 valence electrons. The molecular formula is C18H18ClNO3S. The summed E-state index contributed by atoms with van der Waals surface area (Å²) in [6.45, 7) is 3.88. The molecule has 0 bridgehead atoms. The number of anilines is 1. The van der Waals surface area contributed by atoms with Crippen molar-refractivity contribution in [3.8, 4) is 0 Å². The first kappa shape index (κ1) is 18.2. The normalized spacial score (nSPS) is 10.8. The SMILES string of the molecule is CCc1c(C)sc(NC(=O)C=Cc2ccccc2Cl)c1C(=O)OC. The second kappa shape index (κ2) is 8.13. The fourth-order valence-corrected chi connectivity index (χ4v) is 3.67. The summed E-state index contributed by atoms with van der Waals surface area (Å²) in [7, 11) is 1.33. The standard InChI is InChI=1S/C18H18ClNO3S/c1-4-13-11(2)24-17(16(13)18(22)23-3)20-15(21)10-9-12-7-5-6-8-14(12)19/h5-10H,4H2,1-3H3,(H,20,21). The number of esters is 1. The molecule has 2 rings (SSSR count). The first-order chi connectivity index (χ1) is 11.5. The molecule has 2 aromatic rings. The average Bonchev–Trinajstić information content (AvgIpc) is 2.88. The van der Waals surface area contributed by atoms with E-state index in [-0.39, 0.29) is 5.91 Å². The Balaban J connectivity index is 2.23. The van der Waals surface area contributed by atoms with Gasteiger partial charge in [0.25, 0.3) is 0 Å². The topological polar surface area (TPSA) is 55.4 Å². The fraction of sp³-hybridized carbons (Fsp3) is 0.222. The zero-order valence-corrected chi connectivity index (χ0v) is 15.3. The van der Waals surface area contributed by atoms with E-state index in [1.54, 1.807) is 12.1 Å². The van der Waals surface area contributed by atoms with E-state index in [4.69, 9.17) is 16.3 Å². The van der Waals surface area contributed by atoms with Gasteiger partial charge >= 0.3 is 5.97 Å². The van der Waals surface area contributed by atoms with Crippen molar-refractivity contribution in [3.05, 3.63) is 56.9 Å². The number of halogens is 1. The molecule has 0 aliphatic rings. The Morgan fingerprint density at radius 3 is 2.67 bits per heavy atom. The van der Waals surface area contributed by atoms with Gasteiger partial charge < -0.3 is 10.1 Å². The average molecular weight is 364 g/mol.